The van der Waals surface area contributed by atoms with Crippen molar-refractivity contribution in [1.82, 2.24) is 14.9 Å². The maximum Gasteiger partial charge on any atom is 0.134 e. The van der Waals surface area contributed by atoms with Gasteiger partial charge < -0.3 is 14.9 Å². The largest absolute Gasteiger partial charge is 0.395 e. The summed E-state index contributed by atoms with van der Waals surface area (Å²) in [7, 11) is 0. The molecule has 2 fully saturated rings. The molecule has 3 heterocycles. The van der Waals surface area contributed by atoms with Gasteiger partial charge in [0.25, 0.3) is 0 Å². The highest BCUT2D eigenvalue weighted by Crippen LogP contribution is 2.22. The van der Waals surface area contributed by atoms with Gasteiger partial charge in [-0.05, 0) is 19.3 Å². The lowest BCUT2D eigenvalue weighted by molar-refractivity contribution is 0.114. The van der Waals surface area contributed by atoms with Crippen LogP contribution in [-0.2, 0) is 0 Å². The molecule has 2 saturated heterocycles. The van der Waals surface area contributed by atoms with Crippen molar-refractivity contribution in [2.75, 3.05) is 55.7 Å². The van der Waals surface area contributed by atoms with Crippen LogP contribution < -0.4 is 9.80 Å². The lowest BCUT2D eigenvalue weighted by atomic mass is 10.1. The third-order valence-electron chi connectivity index (χ3n) is 4.90. The average molecular weight is 305 g/mol. The highest BCUT2D eigenvalue weighted by atomic mass is 16.3. The van der Waals surface area contributed by atoms with Gasteiger partial charge in [-0.2, -0.15) is 0 Å². The Morgan fingerprint density at radius 1 is 1.00 bits per heavy atom. The molecule has 0 spiro atoms. The normalized spacial score (nSPS) is 21.4. The number of piperazine rings is 1. The van der Waals surface area contributed by atoms with E-state index in [-0.39, 0.29) is 6.61 Å². The van der Waals surface area contributed by atoms with Crippen LogP contribution in [0.15, 0.2) is 12.4 Å². The Hall–Kier alpha value is -1.40. The van der Waals surface area contributed by atoms with E-state index in [1.54, 1.807) is 6.33 Å². The summed E-state index contributed by atoms with van der Waals surface area (Å²) in [5.74, 6) is 2.10. The smallest absolute Gasteiger partial charge is 0.134 e. The number of anilines is 2. The maximum atomic E-state index is 9.44. The van der Waals surface area contributed by atoms with Crippen molar-refractivity contribution >= 4 is 11.6 Å². The first kappa shape index (κ1) is 15.5. The zero-order valence-electron chi connectivity index (χ0n) is 13.5. The van der Waals surface area contributed by atoms with Crippen molar-refractivity contribution in [2.24, 2.45) is 0 Å². The Balaban J connectivity index is 1.62. The molecule has 3 rings (SSSR count). The van der Waals surface area contributed by atoms with Crippen LogP contribution in [0.4, 0.5) is 11.6 Å². The molecule has 6 nitrogen and oxygen atoms in total. The van der Waals surface area contributed by atoms with Crippen LogP contribution in [0.2, 0.25) is 0 Å². The van der Waals surface area contributed by atoms with Gasteiger partial charge in [0, 0.05) is 51.4 Å². The van der Waals surface area contributed by atoms with Gasteiger partial charge in [-0.25, -0.2) is 9.97 Å². The van der Waals surface area contributed by atoms with Crippen molar-refractivity contribution in [2.45, 2.75) is 32.2 Å². The highest BCUT2D eigenvalue weighted by Gasteiger charge is 2.23. The molecule has 122 valence electrons. The molecular weight excluding hydrogens is 278 g/mol. The Bertz CT molecular complexity index is 465. The van der Waals surface area contributed by atoms with E-state index in [9.17, 15) is 5.11 Å². The summed E-state index contributed by atoms with van der Waals surface area (Å²) in [5, 5.41) is 9.44. The molecule has 22 heavy (non-hydrogen) atoms. The molecule has 0 aromatic carbocycles. The summed E-state index contributed by atoms with van der Waals surface area (Å²) in [5.41, 5.74) is 0. The maximum absolute atomic E-state index is 9.44. The van der Waals surface area contributed by atoms with E-state index in [1.807, 2.05) is 0 Å². The molecule has 0 aliphatic carbocycles. The minimum atomic E-state index is 0.253. The van der Waals surface area contributed by atoms with Crippen molar-refractivity contribution < 1.29 is 5.11 Å². The summed E-state index contributed by atoms with van der Waals surface area (Å²) in [6.45, 7) is 8.52. The SMILES string of the molecule is CCC(CO)N1CCN(c2cc(N3CCCC3)ncn2)CC1. The zero-order chi connectivity index (χ0) is 15.4. The van der Waals surface area contributed by atoms with Crippen LogP contribution in [0.25, 0.3) is 0 Å². The molecule has 0 saturated carbocycles. The molecule has 0 amide bonds. The second-order valence-electron chi connectivity index (χ2n) is 6.20. The molecule has 1 atom stereocenters. The molecule has 0 bridgehead atoms. The summed E-state index contributed by atoms with van der Waals surface area (Å²) in [6.07, 6.45) is 5.22. The number of hydrogen-bond donors (Lipinski definition) is 1. The molecular formula is C16H27N5O. The van der Waals surface area contributed by atoms with Crippen molar-refractivity contribution in [3.8, 4) is 0 Å². The quantitative estimate of drug-likeness (QED) is 0.875. The fourth-order valence-corrected chi connectivity index (χ4v) is 3.45. The number of aliphatic hydroxyl groups is 1. The van der Waals surface area contributed by atoms with Gasteiger partial charge in [-0.15, -0.1) is 0 Å². The average Bonchev–Trinajstić information content (AvgIpc) is 3.11. The molecule has 1 aromatic heterocycles. The van der Waals surface area contributed by atoms with Crippen LogP contribution in [-0.4, -0.2) is 71.9 Å². The summed E-state index contributed by atoms with van der Waals surface area (Å²) in [6, 6.07) is 2.43. The summed E-state index contributed by atoms with van der Waals surface area (Å²) in [4.78, 5) is 16.0. The van der Waals surface area contributed by atoms with E-state index < -0.39 is 0 Å². The number of aromatic nitrogens is 2. The minimum absolute atomic E-state index is 0.253. The van der Waals surface area contributed by atoms with Gasteiger partial charge >= 0.3 is 0 Å². The third-order valence-corrected chi connectivity index (χ3v) is 4.90. The topological polar surface area (TPSA) is 55.7 Å². The number of aliphatic hydroxyl groups excluding tert-OH is 1. The Kier molecular flexibility index (Phi) is 5.10. The Morgan fingerprint density at radius 3 is 2.14 bits per heavy atom. The highest BCUT2D eigenvalue weighted by molar-refractivity contribution is 5.50. The van der Waals surface area contributed by atoms with Crippen molar-refractivity contribution in [1.29, 1.82) is 0 Å². The Morgan fingerprint density at radius 2 is 1.59 bits per heavy atom. The van der Waals surface area contributed by atoms with Gasteiger partial charge in [0.05, 0.1) is 6.61 Å². The fraction of sp³-hybridized carbons (Fsp3) is 0.750. The van der Waals surface area contributed by atoms with Gasteiger partial charge in [0.1, 0.15) is 18.0 Å². The first-order chi connectivity index (χ1) is 10.8. The first-order valence-corrected chi connectivity index (χ1v) is 8.48. The van der Waals surface area contributed by atoms with Crippen LogP contribution in [0.1, 0.15) is 26.2 Å². The monoisotopic (exact) mass is 305 g/mol. The summed E-state index contributed by atoms with van der Waals surface area (Å²) < 4.78 is 0. The molecule has 0 radical (unpaired) electrons. The standard InChI is InChI=1S/C16H27N5O/c1-2-14(12-22)19-7-9-21(10-8-19)16-11-15(17-13-18-16)20-5-3-4-6-20/h11,13-14,22H,2-10,12H2,1H3. The lowest BCUT2D eigenvalue weighted by Crippen LogP contribution is -2.51. The second kappa shape index (κ2) is 7.24. The number of rotatable bonds is 5. The molecule has 1 N–H and O–H groups in total. The first-order valence-electron chi connectivity index (χ1n) is 8.48. The zero-order valence-corrected chi connectivity index (χ0v) is 13.5. The number of hydrogen-bond acceptors (Lipinski definition) is 6. The number of nitrogens with zero attached hydrogens (tertiary/aromatic N) is 5. The second-order valence-corrected chi connectivity index (χ2v) is 6.20. The molecule has 1 aromatic rings. The fourth-order valence-electron chi connectivity index (χ4n) is 3.45. The van der Waals surface area contributed by atoms with E-state index in [0.29, 0.717) is 6.04 Å². The van der Waals surface area contributed by atoms with Crippen LogP contribution in [0.3, 0.4) is 0 Å². The van der Waals surface area contributed by atoms with Crippen LogP contribution in [0, 0.1) is 0 Å². The molecule has 1 unspecified atom stereocenters. The van der Waals surface area contributed by atoms with Crippen LogP contribution in [0.5, 0.6) is 0 Å². The van der Waals surface area contributed by atoms with Gasteiger partial charge in [-0.1, -0.05) is 6.92 Å². The molecule has 2 aliphatic heterocycles. The van der Waals surface area contributed by atoms with E-state index in [0.717, 1.165) is 57.3 Å². The minimum Gasteiger partial charge on any atom is -0.395 e. The van der Waals surface area contributed by atoms with E-state index >= 15 is 0 Å². The molecule has 6 heteroatoms. The summed E-state index contributed by atoms with van der Waals surface area (Å²) >= 11 is 0. The van der Waals surface area contributed by atoms with Crippen molar-refractivity contribution in [3.05, 3.63) is 12.4 Å². The predicted octanol–water partition coefficient (Wildman–Crippen LogP) is 0.970. The lowest BCUT2D eigenvalue weighted by Gasteiger charge is -2.39. The van der Waals surface area contributed by atoms with Gasteiger partial charge in [0.2, 0.25) is 0 Å². The van der Waals surface area contributed by atoms with Gasteiger partial charge in [-0.3, -0.25) is 4.90 Å². The van der Waals surface area contributed by atoms with E-state index in [4.69, 9.17) is 0 Å². The van der Waals surface area contributed by atoms with Gasteiger partial charge in [0.15, 0.2) is 0 Å². The van der Waals surface area contributed by atoms with Crippen molar-refractivity contribution in [3.63, 3.8) is 0 Å². The van der Waals surface area contributed by atoms with E-state index in [1.165, 1.54) is 12.8 Å². The predicted molar refractivity (Wildman–Crippen MR) is 88.4 cm³/mol. The molecule has 2 aliphatic rings. The third kappa shape index (κ3) is 3.33. The Labute approximate surface area is 132 Å². The van der Waals surface area contributed by atoms with Crippen LogP contribution >= 0.6 is 0 Å². The van der Waals surface area contributed by atoms with E-state index in [2.05, 4.69) is 37.7 Å².